The van der Waals surface area contributed by atoms with Gasteiger partial charge in [-0.2, -0.15) is 0 Å². The molecule has 1 N–H and O–H groups in total. The molecule has 8 nitrogen and oxygen atoms in total. The Hall–Kier alpha value is -2.49. The van der Waals surface area contributed by atoms with Crippen molar-refractivity contribution in [1.29, 1.82) is 0 Å². The predicted octanol–water partition coefficient (Wildman–Crippen LogP) is 5.66. The molecule has 0 aromatic heterocycles. The largest absolute Gasteiger partial charge is 0.494 e. The number of hydrogen-bond donors (Lipinski definition) is 1. The molecule has 0 radical (unpaired) electrons. The summed E-state index contributed by atoms with van der Waals surface area (Å²) in [6.45, 7) is 8.33. The van der Waals surface area contributed by atoms with Crippen LogP contribution >= 0.6 is 23.2 Å². The first kappa shape index (κ1) is 32.7. The first-order valence-corrected chi connectivity index (χ1v) is 15.8. The second-order valence-electron chi connectivity index (χ2n) is 9.36. The molecule has 216 valence electrons. The van der Waals surface area contributed by atoms with Gasteiger partial charge in [0.25, 0.3) is 0 Å². The summed E-state index contributed by atoms with van der Waals surface area (Å²) in [6.07, 6.45) is 2.59. The van der Waals surface area contributed by atoms with E-state index in [1.54, 1.807) is 42.5 Å². The molecule has 0 aliphatic heterocycles. The van der Waals surface area contributed by atoms with E-state index in [0.717, 1.165) is 12.7 Å². The van der Waals surface area contributed by atoms with Crippen LogP contribution in [0.1, 0.15) is 58.9 Å². The molecule has 2 aromatic rings. The van der Waals surface area contributed by atoms with Gasteiger partial charge in [-0.3, -0.25) is 13.9 Å². The Bertz CT molecular complexity index is 1210. The summed E-state index contributed by atoms with van der Waals surface area (Å²) < 4.78 is 31.8. The van der Waals surface area contributed by atoms with E-state index in [-0.39, 0.29) is 43.8 Å². The van der Waals surface area contributed by atoms with Gasteiger partial charge in [0.1, 0.15) is 11.8 Å². The number of sulfonamides is 1. The third-order valence-corrected chi connectivity index (χ3v) is 8.11. The van der Waals surface area contributed by atoms with Crippen molar-refractivity contribution in [2.45, 2.75) is 72.0 Å². The summed E-state index contributed by atoms with van der Waals surface area (Å²) in [5, 5.41) is 3.84. The normalized spacial score (nSPS) is 12.9. The number of anilines is 1. The topological polar surface area (TPSA) is 96.0 Å². The highest BCUT2D eigenvalue weighted by atomic mass is 35.5. The zero-order valence-electron chi connectivity index (χ0n) is 23.2. The predicted molar refractivity (Wildman–Crippen MR) is 158 cm³/mol. The Morgan fingerprint density at radius 2 is 1.69 bits per heavy atom. The second-order valence-corrected chi connectivity index (χ2v) is 12.1. The van der Waals surface area contributed by atoms with Crippen LogP contribution in [-0.2, 0) is 26.2 Å². The maximum absolute atomic E-state index is 13.6. The summed E-state index contributed by atoms with van der Waals surface area (Å²) in [7, 11) is -3.60. The number of hydrogen-bond acceptors (Lipinski definition) is 5. The smallest absolute Gasteiger partial charge is 0.243 e. The van der Waals surface area contributed by atoms with Gasteiger partial charge in [0.2, 0.25) is 21.8 Å². The lowest BCUT2D eigenvalue weighted by Crippen LogP contribution is -2.50. The van der Waals surface area contributed by atoms with Crippen molar-refractivity contribution in [2.75, 3.05) is 23.7 Å². The van der Waals surface area contributed by atoms with E-state index in [4.69, 9.17) is 27.9 Å². The van der Waals surface area contributed by atoms with Crippen LogP contribution in [0.4, 0.5) is 5.69 Å². The third-order valence-electron chi connectivity index (χ3n) is 6.33. The van der Waals surface area contributed by atoms with Crippen LogP contribution in [0.2, 0.25) is 10.0 Å². The summed E-state index contributed by atoms with van der Waals surface area (Å²) in [6, 6.07) is 11.0. The van der Waals surface area contributed by atoms with Crippen LogP contribution in [0, 0.1) is 0 Å². The van der Waals surface area contributed by atoms with E-state index in [0.29, 0.717) is 40.1 Å². The fraction of sp³-hybridized carbons (Fsp3) is 0.500. The first-order chi connectivity index (χ1) is 18.4. The van der Waals surface area contributed by atoms with E-state index < -0.39 is 16.1 Å². The Morgan fingerprint density at radius 1 is 1.03 bits per heavy atom. The minimum absolute atomic E-state index is 0.0416. The first-order valence-electron chi connectivity index (χ1n) is 13.2. The summed E-state index contributed by atoms with van der Waals surface area (Å²) in [5.74, 6) is 0.132. The molecule has 2 amide bonds. The van der Waals surface area contributed by atoms with Gasteiger partial charge in [-0.25, -0.2) is 8.42 Å². The van der Waals surface area contributed by atoms with Crippen molar-refractivity contribution >= 4 is 50.7 Å². The Balaban J connectivity index is 2.25. The Morgan fingerprint density at radius 3 is 2.23 bits per heavy atom. The summed E-state index contributed by atoms with van der Waals surface area (Å²) in [4.78, 5) is 28.2. The van der Waals surface area contributed by atoms with Gasteiger partial charge in [-0.15, -0.1) is 0 Å². The molecule has 0 saturated carbocycles. The molecule has 2 aromatic carbocycles. The van der Waals surface area contributed by atoms with Crippen molar-refractivity contribution in [3.63, 3.8) is 0 Å². The zero-order valence-corrected chi connectivity index (χ0v) is 25.6. The quantitative estimate of drug-likeness (QED) is 0.285. The highest BCUT2D eigenvalue weighted by Crippen LogP contribution is 2.25. The second kappa shape index (κ2) is 15.3. The van der Waals surface area contributed by atoms with E-state index in [1.807, 2.05) is 27.7 Å². The van der Waals surface area contributed by atoms with Crippen LogP contribution in [0.5, 0.6) is 5.75 Å². The van der Waals surface area contributed by atoms with Gasteiger partial charge in [0.15, 0.2) is 0 Å². The van der Waals surface area contributed by atoms with Crippen LogP contribution < -0.4 is 14.4 Å². The van der Waals surface area contributed by atoms with E-state index >= 15 is 0 Å². The molecule has 0 heterocycles. The van der Waals surface area contributed by atoms with Crippen LogP contribution in [0.3, 0.4) is 0 Å². The fourth-order valence-electron chi connectivity index (χ4n) is 4.07. The number of halogens is 2. The summed E-state index contributed by atoms with van der Waals surface area (Å²) >= 11 is 12.5. The Kier molecular flexibility index (Phi) is 12.9. The minimum atomic E-state index is -3.60. The molecule has 2 rings (SSSR count). The number of carbonyl (C=O) groups excluding carboxylic acids is 2. The van der Waals surface area contributed by atoms with Gasteiger partial charge >= 0.3 is 0 Å². The molecule has 39 heavy (non-hydrogen) atoms. The van der Waals surface area contributed by atoms with Crippen LogP contribution in [0.15, 0.2) is 42.5 Å². The van der Waals surface area contributed by atoms with Gasteiger partial charge < -0.3 is 15.0 Å². The molecule has 0 saturated heterocycles. The van der Waals surface area contributed by atoms with Crippen molar-refractivity contribution in [1.82, 2.24) is 10.2 Å². The molecule has 0 unspecified atom stereocenters. The maximum atomic E-state index is 13.6. The SMILES string of the molecule is CCOc1ccc(N(CCCC(=O)N(Cc2ccc(Cl)cc2Cl)[C@@H](CC)C(=O)N[C@H](C)CC)S(C)(=O)=O)cc1. The van der Waals surface area contributed by atoms with Gasteiger partial charge in [-0.05, 0) is 75.1 Å². The molecule has 0 aliphatic carbocycles. The lowest BCUT2D eigenvalue weighted by Gasteiger charge is -2.32. The number of nitrogens with zero attached hydrogens (tertiary/aromatic N) is 2. The van der Waals surface area contributed by atoms with Crippen molar-refractivity contribution in [3.8, 4) is 5.75 Å². The van der Waals surface area contributed by atoms with Crippen LogP contribution in [-0.4, -0.2) is 56.6 Å². The number of nitrogens with one attached hydrogen (secondary N) is 1. The molecule has 2 atom stereocenters. The molecule has 0 aliphatic rings. The standard InChI is InChI=1S/C28H39Cl2N3O5S/c1-6-20(4)31-28(35)26(7-2)32(19-21-11-12-22(29)18-25(21)30)27(34)10-9-17-33(39(5,36)37)23-13-15-24(16-14-23)38-8-3/h11-16,18,20,26H,6-10,17,19H2,1-5H3,(H,31,35)/t20-,26+/m1/s1. The highest BCUT2D eigenvalue weighted by molar-refractivity contribution is 7.92. The average molecular weight is 601 g/mol. The number of rotatable bonds is 15. The van der Waals surface area contributed by atoms with Gasteiger partial charge in [0.05, 0.1) is 18.6 Å². The van der Waals surface area contributed by atoms with Crippen molar-refractivity contribution in [2.24, 2.45) is 0 Å². The molecular formula is C28H39Cl2N3O5S. The number of ether oxygens (including phenoxy) is 1. The number of amides is 2. The molecule has 0 bridgehead atoms. The average Bonchev–Trinajstić information content (AvgIpc) is 2.87. The molecule has 0 spiro atoms. The number of carbonyl (C=O) groups is 2. The van der Waals surface area contributed by atoms with E-state index in [1.165, 1.54) is 9.21 Å². The third kappa shape index (κ3) is 9.89. The lowest BCUT2D eigenvalue weighted by molar-refractivity contribution is -0.141. The number of benzene rings is 2. The monoisotopic (exact) mass is 599 g/mol. The molecule has 11 heteroatoms. The fourth-order valence-corrected chi connectivity index (χ4v) is 5.51. The van der Waals surface area contributed by atoms with E-state index in [2.05, 4.69) is 5.32 Å². The summed E-state index contributed by atoms with van der Waals surface area (Å²) in [5.41, 5.74) is 1.15. The highest BCUT2D eigenvalue weighted by Gasteiger charge is 2.30. The molecular weight excluding hydrogens is 561 g/mol. The maximum Gasteiger partial charge on any atom is 0.243 e. The lowest BCUT2D eigenvalue weighted by atomic mass is 10.1. The van der Waals surface area contributed by atoms with Crippen molar-refractivity contribution in [3.05, 3.63) is 58.1 Å². The van der Waals surface area contributed by atoms with Gasteiger partial charge in [-0.1, -0.05) is 43.1 Å². The minimum Gasteiger partial charge on any atom is -0.494 e. The zero-order chi connectivity index (χ0) is 29.2. The molecule has 0 fully saturated rings. The van der Waals surface area contributed by atoms with Crippen LogP contribution in [0.25, 0.3) is 0 Å². The van der Waals surface area contributed by atoms with E-state index in [9.17, 15) is 18.0 Å². The van der Waals surface area contributed by atoms with Crippen molar-refractivity contribution < 1.29 is 22.7 Å². The van der Waals surface area contributed by atoms with Gasteiger partial charge in [0, 0.05) is 35.6 Å². The Labute approximate surface area is 242 Å².